The smallest absolute Gasteiger partial charge is 0.340 e. The molecule has 1 atom stereocenters. The summed E-state index contributed by atoms with van der Waals surface area (Å²) < 4.78 is 44.2. The quantitative estimate of drug-likeness (QED) is 0.812. The first-order chi connectivity index (χ1) is 9.33. The molecule has 1 aliphatic carbocycles. The fourth-order valence-electron chi connectivity index (χ4n) is 2.79. The van der Waals surface area contributed by atoms with E-state index in [2.05, 4.69) is 4.74 Å². The molecule has 1 aliphatic heterocycles. The van der Waals surface area contributed by atoms with E-state index < -0.39 is 29.9 Å². The van der Waals surface area contributed by atoms with Crippen LogP contribution in [-0.4, -0.2) is 41.4 Å². The molecule has 0 aromatic rings. The molecule has 1 N–H and O–H groups in total. The highest BCUT2D eigenvalue weighted by Gasteiger charge is 2.69. The van der Waals surface area contributed by atoms with Crippen LogP contribution in [0.1, 0.15) is 39.0 Å². The van der Waals surface area contributed by atoms with Crippen LogP contribution in [0.2, 0.25) is 0 Å². The molecule has 0 spiro atoms. The van der Waals surface area contributed by atoms with Gasteiger partial charge >= 0.3 is 17.9 Å². The largest absolute Gasteiger partial charge is 0.446 e. The number of imide groups is 1. The Morgan fingerprint density at radius 3 is 2.40 bits per heavy atom. The molecule has 1 heterocycles. The SMILES string of the molecule is CCO[C@@]1(C(F)(F)F)NC(=O)N(C2CCCCC2)C1=O. The molecule has 5 nitrogen and oxygen atoms in total. The molecular formula is C12H17F3N2O3. The van der Waals surface area contributed by atoms with Gasteiger partial charge < -0.3 is 4.74 Å². The number of ether oxygens (including phenoxy) is 1. The van der Waals surface area contributed by atoms with E-state index in [1.165, 1.54) is 6.92 Å². The number of rotatable bonds is 3. The monoisotopic (exact) mass is 294 g/mol. The van der Waals surface area contributed by atoms with Gasteiger partial charge in [0.25, 0.3) is 5.91 Å². The van der Waals surface area contributed by atoms with Crippen LogP contribution in [0.25, 0.3) is 0 Å². The topological polar surface area (TPSA) is 58.6 Å². The molecule has 1 saturated carbocycles. The summed E-state index contributed by atoms with van der Waals surface area (Å²) in [4.78, 5) is 24.7. The van der Waals surface area contributed by atoms with Crippen molar-refractivity contribution in [3.63, 3.8) is 0 Å². The van der Waals surface area contributed by atoms with E-state index in [0.29, 0.717) is 17.7 Å². The Morgan fingerprint density at radius 1 is 1.30 bits per heavy atom. The van der Waals surface area contributed by atoms with Crippen molar-refractivity contribution < 1.29 is 27.5 Å². The van der Waals surface area contributed by atoms with E-state index in [1.807, 2.05) is 0 Å². The van der Waals surface area contributed by atoms with Gasteiger partial charge in [0, 0.05) is 12.6 Å². The highest BCUT2D eigenvalue weighted by molar-refractivity contribution is 6.07. The lowest BCUT2D eigenvalue weighted by Crippen LogP contribution is -2.61. The Bertz CT molecular complexity index is 407. The minimum absolute atomic E-state index is 0.329. The molecule has 8 heteroatoms. The summed E-state index contributed by atoms with van der Waals surface area (Å²) >= 11 is 0. The van der Waals surface area contributed by atoms with Gasteiger partial charge in [-0.05, 0) is 19.8 Å². The number of carbonyl (C=O) groups is 2. The number of nitrogens with one attached hydrogen (secondary N) is 1. The van der Waals surface area contributed by atoms with Gasteiger partial charge in [-0.3, -0.25) is 15.0 Å². The fraction of sp³-hybridized carbons (Fsp3) is 0.833. The van der Waals surface area contributed by atoms with Crippen molar-refractivity contribution in [3.05, 3.63) is 0 Å². The van der Waals surface area contributed by atoms with Crippen LogP contribution in [0, 0.1) is 0 Å². The third kappa shape index (κ3) is 2.25. The number of urea groups is 1. The lowest BCUT2D eigenvalue weighted by molar-refractivity contribution is -0.270. The van der Waals surface area contributed by atoms with E-state index in [-0.39, 0.29) is 6.61 Å². The lowest BCUT2D eigenvalue weighted by atomic mass is 9.94. The molecule has 20 heavy (non-hydrogen) atoms. The molecule has 3 amide bonds. The zero-order valence-electron chi connectivity index (χ0n) is 11.1. The van der Waals surface area contributed by atoms with Gasteiger partial charge in [-0.25, -0.2) is 4.79 Å². The van der Waals surface area contributed by atoms with Gasteiger partial charge in [0.2, 0.25) is 0 Å². The minimum atomic E-state index is -4.99. The second kappa shape index (κ2) is 5.23. The van der Waals surface area contributed by atoms with Gasteiger partial charge in [0.05, 0.1) is 0 Å². The number of hydrogen-bond donors (Lipinski definition) is 1. The highest BCUT2D eigenvalue weighted by atomic mass is 19.4. The normalized spacial score (nSPS) is 28.9. The Kier molecular flexibility index (Phi) is 3.95. The second-order valence-corrected chi connectivity index (χ2v) is 5.01. The highest BCUT2D eigenvalue weighted by Crippen LogP contribution is 2.38. The maximum absolute atomic E-state index is 13.2. The van der Waals surface area contributed by atoms with Crippen LogP contribution in [-0.2, 0) is 9.53 Å². The van der Waals surface area contributed by atoms with Crippen molar-refractivity contribution in [2.24, 2.45) is 0 Å². The van der Waals surface area contributed by atoms with Crippen LogP contribution in [0.4, 0.5) is 18.0 Å². The van der Waals surface area contributed by atoms with Gasteiger partial charge in [-0.1, -0.05) is 19.3 Å². The van der Waals surface area contributed by atoms with Crippen LogP contribution in [0.3, 0.4) is 0 Å². The zero-order chi connectivity index (χ0) is 15.0. The first kappa shape index (κ1) is 15.1. The number of amides is 3. The molecule has 2 fully saturated rings. The minimum Gasteiger partial charge on any atom is -0.340 e. The molecule has 0 aromatic carbocycles. The van der Waals surface area contributed by atoms with E-state index >= 15 is 0 Å². The van der Waals surface area contributed by atoms with Crippen LogP contribution in [0.15, 0.2) is 0 Å². The van der Waals surface area contributed by atoms with Crippen molar-refractivity contribution in [3.8, 4) is 0 Å². The van der Waals surface area contributed by atoms with Gasteiger partial charge in [-0.2, -0.15) is 13.2 Å². The Balaban J connectivity index is 2.30. The van der Waals surface area contributed by atoms with E-state index in [4.69, 9.17) is 0 Å². The van der Waals surface area contributed by atoms with Crippen LogP contribution >= 0.6 is 0 Å². The predicted molar refractivity (Wildman–Crippen MR) is 62.7 cm³/mol. The summed E-state index contributed by atoms with van der Waals surface area (Å²) in [6.45, 7) is 1.01. The Labute approximate surface area is 114 Å². The van der Waals surface area contributed by atoms with Crippen molar-refractivity contribution in [2.45, 2.75) is 57.0 Å². The molecule has 0 radical (unpaired) electrons. The summed E-state index contributed by atoms with van der Waals surface area (Å²) in [7, 11) is 0. The van der Waals surface area contributed by atoms with Crippen molar-refractivity contribution >= 4 is 11.9 Å². The molecule has 0 bridgehead atoms. The maximum Gasteiger partial charge on any atom is 0.446 e. The first-order valence-corrected chi connectivity index (χ1v) is 6.70. The number of nitrogens with zero attached hydrogens (tertiary/aromatic N) is 1. The Hall–Kier alpha value is -1.31. The molecule has 1 saturated heterocycles. The second-order valence-electron chi connectivity index (χ2n) is 5.01. The van der Waals surface area contributed by atoms with E-state index in [0.717, 1.165) is 19.3 Å². The zero-order valence-corrected chi connectivity index (χ0v) is 11.1. The van der Waals surface area contributed by atoms with Gasteiger partial charge in [0.15, 0.2) is 0 Å². The van der Waals surface area contributed by atoms with Crippen molar-refractivity contribution in [1.82, 2.24) is 10.2 Å². The molecule has 2 rings (SSSR count). The summed E-state index contributed by atoms with van der Waals surface area (Å²) in [6.07, 6.45) is -1.33. The molecule has 0 aromatic heterocycles. The molecule has 2 aliphatic rings. The lowest BCUT2D eigenvalue weighted by Gasteiger charge is -2.31. The number of alkyl halides is 3. The van der Waals surface area contributed by atoms with Gasteiger partial charge in [0.1, 0.15) is 0 Å². The van der Waals surface area contributed by atoms with Crippen molar-refractivity contribution in [2.75, 3.05) is 6.61 Å². The molecular weight excluding hydrogens is 277 g/mol. The van der Waals surface area contributed by atoms with Gasteiger partial charge in [-0.15, -0.1) is 0 Å². The summed E-state index contributed by atoms with van der Waals surface area (Å²) in [5, 5.41) is 1.70. The number of halogens is 3. The third-order valence-electron chi connectivity index (χ3n) is 3.72. The van der Waals surface area contributed by atoms with E-state index in [9.17, 15) is 22.8 Å². The van der Waals surface area contributed by atoms with E-state index in [1.54, 1.807) is 5.32 Å². The predicted octanol–water partition coefficient (Wildman–Crippen LogP) is 2.17. The van der Waals surface area contributed by atoms with Crippen molar-refractivity contribution in [1.29, 1.82) is 0 Å². The molecule has 114 valence electrons. The molecule has 0 unspecified atom stereocenters. The standard InChI is InChI=1S/C12H17F3N2O3/c1-2-20-11(12(13,14)15)9(18)17(10(19)16-11)8-6-4-3-5-7-8/h8H,2-7H2,1H3,(H,16,19)/t11-/m0/s1. The first-order valence-electron chi connectivity index (χ1n) is 6.70. The number of carbonyl (C=O) groups excluding carboxylic acids is 2. The average Bonchev–Trinajstić information content (AvgIpc) is 2.63. The summed E-state index contributed by atoms with van der Waals surface area (Å²) in [6, 6.07) is -1.49. The Morgan fingerprint density at radius 2 is 1.90 bits per heavy atom. The summed E-state index contributed by atoms with van der Waals surface area (Å²) in [5.41, 5.74) is -3.23. The third-order valence-corrected chi connectivity index (χ3v) is 3.72. The maximum atomic E-state index is 13.2. The fourth-order valence-corrected chi connectivity index (χ4v) is 2.79. The number of hydrogen-bond acceptors (Lipinski definition) is 3. The summed E-state index contributed by atoms with van der Waals surface area (Å²) in [5.74, 6) is -1.34. The van der Waals surface area contributed by atoms with Crippen LogP contribution in [0.5, 0.6) is 0 Å². The van der Waals surface area contributed by atoms with Crippen LogP contribution < -0.4 is 5.32 Å². The average molecular weight is 294 g/mol.